The number of fused-ring (bicyclic) bond motifs is 1. The first-order chi connectivity index (χ1) is 12.6. The first-order valence-corrected chi connectivity index (χ1v) is 7.76. The van der Waals surface area contributed by atoms with Crippen LogP contribution < -0.4 is 14.8 Å². The molecule has 0 radical (unpaired) electrons. The molecule has 0 saturated carbocycles. The smallest absolute Gasteiger partial charge is 0.322 e. The zero-order chi connectivity index (χ0) is 18.1. The van der Waals surface area contributed by atoms with Gasteiger partial charge in [-0.05, 0) is 37.3 Å². The molecular weight excluding hydrogens is 338 g/mol. The number of carbonyl (C=O) groups excluding carboxylic acids is 2. The highest BCUT2D eigenvalue weighted by molar-refractivity contribution is 6.04. The van der Waals surface area contributed by atoms with E-state index in [1.807, 2.05) is 0 Å². The van der Waals surface area contributed by atoms with Crippen molar-refractivity contribution in [3.8, 4) is 23.0 Å². The van der Waals surface area contributed by atoms with Crippen molar-refractivity contribution in [1.82, 2.24) is 10.2 Å². The molecule has 0 saturated heterocycles. The molecule has 0 bridgehead atoms. The summed E-state index contributed by atoms with van der Waals surface area (Å²) in [5, 5.41) is 10.3. The van der Waals surface area contributed by atoms with Gasteiger partial charge in [0.1, 0.15) is 0 Å². The lowest BCUT2D eigenvalue weighted by atomic mass is 10.1. The lowest BCUT2D eigenvalue weighted by Gasteiger charge is -2.01. The van der Waals surface area contributed by atoms with Gasteiger partial charge >= 0.3 is 6.01 Å². The standard InChI is InChI=1S/C18H13N3O5/c1-10(22)11-2-4-12(5-3-11)16(23)19-18-21-20-17(26-18)13-6-7-14-15(8-13)25-9-24-14/h2-8H,9H2,1H3,(H,19,21,23). The predicted octanol–water partition coefficient (Wildman–Crippen LogP) is 2.92. The Morgan fingerprint density at radius 1 is 0.962 bits per heavy atom. The van der Waals surface area contributed by atoms with E-state index in [1.165, 1.54) is 6.92 Å². The first-order valence-electron chi connectivity index (χ1n) is 7.76. The monoisotopic (exact) mass is 351 g/mol. The van der Waals surface area contributed by atoms with E-state index in [0.29, 0.717) is 28.2 Å². The lowest BCUT2D eigenvalue weighted by Crippen LogP contribution is -2.12. The predicted molar refractivity (Wildman–Crippen MR) is 90.3 cm³/mol. The summed E-state index contributed by atoms with van der Waals surface area (Å²) in [4.78, 5) is 23.5. The van der Waals surface area contributed by atoms with Crippen molar-refractivity contribution in [2.24, 2.45) is 0 Å². The number of carbonyl (C=O) groups is 2. The number of hydrogen-bond acceptors (Lipinski definition) is 7. The third-order valence-corrected chi connectivity index (χ3v) is 3.82. The van der Waals surface area contributed by atoms with E-state index in [0.717, 1.165) is 0 Å². The molecule has 26 heavy (non-hydrogen) atoms. The number of amides is 1. The largest absolute Gasteiger partial charge is 0.454 e. The van der Waals surface area contributed by atoms with Crippen LogP contribution in [0.1, 0.15) is 27.6 Å². The van der Waals surface area contributed by atoms with Crippen LogP contribution in [0.25, 0.3) is 11.5 Å². The summed E-state index contributed by atoms with van der Waals surface area (Å²) in [7, 11) is 0. The molecule has 1 aliphatic heterocycles. The number of nitrogens with one attached hydrogen (secondary N) is 1. The number of nitrogens with zero attached hydrogens (tertiary/aromatic N) is 2. The molecule has 0 atom stereocenters. The fraction of sp³-hybridized carbons (Fsp3) is 0.111. The number of hydrogen-bond donors (Lipinski definition) is 1. The topological polar surface area (TPSA) is 104 Å². The molecule has 1 N–H and O–H groups in total. The van der Waals surface area contributed by atoms with Crippen molar-refractivity contribution < 1.29 is 23.5 Å². The van der Waals surface area contributed by atoms with Crippen LogP contribution in [-0.2, 0) is 0 Å². The van der Waals surface area contributed by atoms with Crippen LogP contribution in [0.3, 0.4) is 0 Å². The van der Waals surface area contributed by atoms with Gasteiger partial charge in [-0.2, -0.15) is 0 Å². The van der Waals surface area contributed by atoms with E-state index < -0.39 is 5.91 Å². The van der Waals surface area contributed by atoms with Crippen LogP contribution in [0.4, 0.5) is 6.01 Å². The third-order valence-electron chi connectivity index (χ3n) is 3.82. The number of aromatic nitrogens is 2. The van der Waals surface area contributed by atoms with E-state index in [2.05, 4.69) is 15.5 Å². The highest BCUT2D eigenvalue weighted by atomic mass is 16.7. The van der Waals surface area contributed by atoms with E-state index in [4.69, 9.17) is 13.9 Å². The molecule has 0 fully saturated rings. The SMILES string of the molecule is CC(=O)c1ccc(C(=O)Nc2nnc(-c3ccc4c(c3)OCO4)o2)cc1. The lowest BCUT2D eigenvalue weighted by molar-refractivity contribution is 0.100. The Kier molecular flexibility index (Phi) is 3.85. The second kappa shape index (κ2) is 6.32. The van der Waals surface area contributed by atoms with Crippen molar-refractivity contribution in [2.75, 3.05) is 12.1 Å². The third kappa shape index (κ3) is 3.00. The average molecular weight is 351 g/mol. The number of ether oxygens (including phenoxy) is 2. The van der Waals surface area contributed by atoms with E-state index in [-0.39, 0.29) is 24.5 Å². The maximum absolute atomic E-state index is 12.2. The number of anilines is 1. The van der Waals surface area contributed by atoms with Crippen LogP contribution in [0.15, 0.2) is 46.9 Å². The second-order valence-electron chi connectivity index (χ2n) is 5.57. The molecule has 2 aromatic carbocycles. The summed E-state index contributed by atoms with van der Waals surface area (Å²) in [6.07, 6.45) is 0. The number of rotatable bonds is 4. The Morgan fingerprint density at radius 3 is 2.46 bits per heavy atom. The summed E-state index contributed by atoms with van der Waals surface area (Å²) in [6.45, 7) is 1.64. The van der Waals surface area contributed by atoms with Gasteiger partial charge in [0.25, 0.3) is 5.91 Å². The Hall–Kier alpha value is -3.68. The molecule has 1 amide bonds. The average Bonchev–Trinajstić information content (AvgIpc) is 3.30. The molecule has 0 aliphatic carbocycles. The molecule has 8 nitrogen and oxygen atoms in total. The number of ketones is 1. The molecule has 0 spiro atoms. The molecule has 2 heterocycles. The summed E-state index contributed by atoms with van der Waals surface area (Å²) < 4.78 is 16.0. The highest BCUT2D eigenvalue weighted by Gasteiger charge is 2.17. The normalized spacial score (nSPS) is 12.0. The van der Waals surface area contributed by atoms with Crippen molar-refractivity contribution in [3.05, 3.63) is 53.6 Å². The van der Waals surface area contributed by atoms with Gasteiger partial charge in [-0.15, -0.1) is 5.10 Å². The van der Waals surface area contributed by atoms with Crippen molar-refractivity contribution >= 4 is 17.7 Å². The van der Waals surface area contributed by atoms with E-state index in [9.17, 15) is 9.59 Å². The van der Waals surface area contributed by atoms with Gasteiger partial charge in [-0.25, -0.2) is 0 Å². The van der Waals surface area contributed by atoms with Gasteiger partial charge in [-0.1, -0.05) is 17.2 Å². The van der Waals surface area contributed by atoms with Crippen LogP contribution >= 0.6 is 0 Å². The summed E-state index contributed by atoms with van der Waals surface area (Å²) >= 11 is 0. The highest BCUT2D eigenvalue weighted by Crippen LogP contribution is 2.35. The van der Waals surface area contributed by atoms with Crippen molar-refractivity contribution in [2.45, 2.75) is 6.92 Å². The summed E-state index contributed by atoms with van der Waals surface area (Å²) in [6, 6.07) is 11.5. The van der Waals surface area contributed by atoms with E-state index in [1.54, 1.807) is 42.5 Å². The fourth-order valence-electron chi connectivity index (χ4n) is 2.45. The van der Waals surface area contributed by atoms with Gasteiger partial charge in [0.2, 0.25) is 12.7 Å². The molecule has 4 rings (SSSR count). The minimum absolute atomic E-state index is 0.0293. The van der Waals surface area contributed by atoms with Crippen LogP contribution in [0, 0.1) is 0 Å². The van der Waals surface area contributed by atoms with Gasteiger partial charge in [0.05, 0.1) is 0 Å². The maximum atomic E-state index is 12.2. The summed E-state index contributed by atoms with van der Waals surface area (Å²) in [5.41, 5.74) is 1.55. The maximum Gasteiger partial charge on any atom is 0.322 e. The Bertz CT molecular complexity index is 994. The zero-order valence-corrected chi connectivity index (χ0v) is 13.7. The molecule has 0 unspecified atom stereocenters. The molecule has 1 aromatic heterocycles. The molecule has 1 aliphatic rings. The Morgan fingerprint density at radius 2 is 1.69 bits per heavy atom. The number of Topliss-reactive ketones (excluding diaryl/α,β-unsaturated/α-hetero) is 1. The Labute approximate surface area is 147 Å². The van der Waals surface area contributed by atoms with Gasteiger partial charge in [0, 0.05) is 16.7 Å². The quantitative estimate of drug-likeness (QED) is 0.721. The van der Waals surface area contributed by atoms with Crippen LogP contribution in [0.5, 0.6) is 11.5 Å². The summed E-state index contributed by atoms with van der Waals surface area (Å²) in [5.74, 6) is 1.00. The Balaban J connectivity index is 1.49. The molecule has 8 heteroatoms. The minimum Gasteiger partial charge on any atom is -0.454 e. The van der Waals surface area contributed by atoms with Gasteiger partial charge < -0.3 is 13.9 Å². The van der Waals surface area contributed by atoms with Crippen molar-refractivity contribution in [3.63, 3.8) is 0 Å². The van der Waals surface area contributed by atoms with Crippen LogP contribution in [0.2, 0.25) is 0 Å². The fourth-order valence-corrected chi connectivity index (χ4v) is 2.45. The second-order valence-corrected chi connectivity index (χ2v) is 5.57. The molecule has 3 aromatic rings. The molecule has 130 valence electrons. The van der Waals surface area contributed by atoms with E-state index >= 15 is 0 Å². The van der Waals surface area contributed by atoms with Gasteiger partial charge in [-0.3, -0.25) is 14.9 Å². The zero-order valence-electron chi connectivity index (χ0n) is 13.7. The molecular formula is C18H13N3O5. The van der Waals surface area contributed by atoms with Crippen LogP contribution in [-0.4, -0.2) is 28.7 Å². The minimum atomic E-state index is -0.416. The first kappa shape index (κ1) is 15.8. The van der Waals surface area contributed by atoms with Crippen molar-refractivity contribution in [1.29, 1.82) is 0 Å². The number of benzene rings is 2. The van der Waals surface area contributed by atoms with Gasteiger partial charge in [0.15, 0.2) is 17.3 Å².